The van der Waals surface area contributed by atoms with Crippen LogP contribution in [0.1, 0.15) is 24.4 Å². The molecule has 1 aromatic carbocycles. The van der Waals surface area contributed by atoms with Gasteiger partial charge in [-0.1, -0.05) is 12.1 Å². The highest BCUT2D eigenvalue weighted by Crippen LogP contribution is 2.19. The van der Waals surface area contributed by atoms with Crippen LogP contribution in [0.15, 0.2) is 41.5 Å². The lowest BCUT2D eigenvalue weighted by atomic mass is 10.0. The van der Waals surface area contributed by atoms with E-state index in [0.717, 1.165) is 19.4 Å². The van der Waals surface area contributed by atoms with Gasteiger partial charge in [-0.2, -0.15) is 0 Å². The quantitative estimate of drug-likeness (QED) is 0.820. The van der Waals surface area contributed by atoms with Gasteiger partial charge in [0.1, 0.15) is 11.9 Å². The molecule has 1 aromatic heterocycles. The van der Waals surface area contributed by atoms with E-state index in [1.807, 2.05) is 4.90 Å². The van der Waals surface area contributed by atoms with Crippen molar-refractivity contribution < 1.29 is 9.18 Å². The van der Waals surface area contributed by atoms with Crippen LogP contribution >= 0.6 is 0 Å². The molecule has 7 nitrogen and oxygen atoms in total. The second kappa shape index (κ2) is 7.65. The molecule has 3 rings (SSSR count). The number of hydrogen-bond donors (Lipinski definition) is 2. The zero-order valence-electron chi connectivity index (χ0n) is 14.6. The van der Waals surface area contributed by atoms with Crippen molar-refractivity contribution in [2.45, 2.75) is 24.9 Å². The number of aryl methyl sites for hydroxylation is 1. The molecule has 0 radical (unpaired) electrons. The molecule has 0 spiro atoms. The second-order valence-electron chi connectivity index (χ2n) is 6.51. The van der Waals surface area contributed by atoms with E-state index in [-0.39, 0.29) is 17.4 Å². The minimum absolute atomic E-state index is 0.0435. The van der Waals surface area contributed by atoms with Crippen LogP contribution in [0.4, 0.5) is 10.2 Å². The summed E-state index contributed by atoms with van der Waals surface area (Å²) in [5, 5.41) is 3.25. The molecule has 0 aliphatic carbocycles. The number of hydrogen-bond acceptors (Lipinski definition) is 5. The van der Waals surface area contributed by atoms with Crippen LogP contribution in [0.3, 0.4) is 0 Å². The average molecular weight is 359 g/mol. The van der Waals surface area contributed by atoms with Crippen LogP contribution < -0.4 is 21.5 Å². The van der Waals surface area contributed by atoms with E-state index in [2.05, 4.69) is 10.3 Å². The fraction of sp³-hybridized carbons (Fsp3) is 0.389. The Morgan fingerprint density at radius 1 is 1.38 bits per heavy atom. The molecular formula is C18H22FN5O2. The maximum Gasteiger partial charge on any atom is 0.293 e. The molecular weight excluding hydrogens is 337 g/mol. The lowest BCUT2D eigenvalue weighted by molar-refractivity contribution is -0.120. The molecule has 3 N–H and O–H groups in total. The second-order valence-corrected chi connectivity index (χ2v) is 6.51. The van der Waals surface area contributed by atoms with Gasteiger partial charge in [-0.3, -0.25) is 14.9 Å². The number of aromatic nitrogens is 2. The summed E-state index contributed by atoms with van der Waals surface area (Å²) in [6.45, 7) is 1.26. The standard InChI is InChI=1S/C18H22FN5O2/c1-23-10-8-21-17(18(23)26)24-9-2-3-14(11-24)22-15(16(20)25)12-4-6-13(19)7-5-12/h4-8,10,14-15,22H,2-3,9,11H2,1H3,(H2,20,25)/t14-,15+/m1/s1. The Morgan fingerprint density at radius 3 is 2.81 bits per heavy atom. The van der Waals surface area contributed by atoms with Gasteiger partial charge in [-0.25, -0.2) is 9.37 Å². The van der Waals surface area contributed by atoms with Crippen LogP contribution in [0.2, 0.25) is 0 Å². The van der Waals surface area contributed by atoms with Crippen LogP contribution in [0.5, 0.6) is 0 Å². The van der Waals surface area contributed by atoms with Crippen LogP contribution in [-0.4, -0.2) is 34.6 Å². The van der Waals surface area contributed by atoms with Crippen molar-refractivity contribution in [3.05, 3.63) is 58.4 Å². The van der Waals surface area contributed by atoms with Crippen molar-refractivity contribution in [2.75, 3.05) is 18.0 Å². The van der Waals surface area contributed by atoms with E-state index >= 15 is 0 Å². The Bertz CT molecular complexity index is 836. The van der Waals surface area contributed by atoms with Crippen molar-refractivity contribution in [1.82, 2.24) is 14.9 Å². The third-order valence-corrected chi connectivity index (χ3v) is 4.61. The molecule has 0 saturated carbocycles. The van der Waals surface area contributed by atoms with Gasteiger partial charge in [0, 0.05) is 38.6 Å². The van der Waals surface area contributed by atoms with Gasteiger partial charge < -0.3 is 15.2 Å². The Labute approximate surface area is 150 Å². The van der Waals surface area contributed by atoms with Gasteiger partial charge in [-0.15, -0.1) is 0 Å². The van der Waals surface area contributed by atoms with Gasteiger partial charge in [0.25, 0.3) is 5.56 Å². The molecule has 1 aliphatic heterocycles. The van der Waals surface area contributed by atoms with Crippen molar-refractivity contribution >= 4 is 11.7 Å². The van der Waals surface area contributed by atoms with E-state index in [0.29, 0.717) is 17.9 Å². The van der Waals surface area contributed by atoms with Gasteiger partial charge in [0.05, 0.1) is 0 Å². The number of nitrogens with one attached hydrogen (secondary N) is 1. The molecule has 8 heteroatoms. The summed E-state index contributed by atoms with van der Waals surface area (Å²) in [5.74, 6) is -0.492. The summed E-state index contributed by atoms with van der Waals surface area (Å²) in [6, 6.07) is 4.94. The number of halogens is 1. The first kappa shape index (κ1) is 18.1. The lowest BCUT2D eigenvalue weighted by Crippen LogP contribution is -2.50. The van der Waals surface area contributed by atoms with Crippen LogP contribution in [-0.2, 0) is 11.8 Å². The maximum atomic E-state index is 13.1. The molecule has 138 valence electrons. The summed E-state index contributed by atoms with van der Waals surface area (Å²) >= 11 is 0. The summed E-state index contributed by atoms with van der Waals surface area (Å²) < 4.78 is 14.6. The number of piperidine rings is 1. The fourth-order valence-corrected chi connectivity index (χ4v) is 3.24. The van der Waals surface area contributed by atoms with E-state index < -0.39 is 11.9 Å². The number of benzene rings is 1. The minimum atomic E-state index is -0.716. The number of amides is 1. The largest absolute Gasteiger partial charge is 0.368 e. The fourth-order valence-electron chi connectivity index (χ4n) is 3.24. The highest BCUT2D eigenvalue weighted by molar-refractivity contribution is 5.81. The first-order valence-corrected chi connectivity index (χ1v) is 8.53. The molecule has 2 atom stereocenters. The first-order valence-electron chi connectivity index (χ1n) is 8.53. The monoisotopic (exact) mass is 359 g/mol. The highest BCUT2D eigenvalue weighted by atomic mass is 19.1. The van der Waals surface area contributed by atoms with E-state index in [1.54, 1.807) is 31.6 Å². The molecule has 1 saturated heterocycles. The van der Waals surface area contributed by atoms with E-state index in [4.69, 9.17) is 5.73 Å². The van der Waals surface area contributed by atoms with Crippen molar-refractivity contribution in [2.24, 2.45) is 12.8 Å². The minimum Gasteiger partial charge on any atom is -0.368 e. The van der Waals surface area contributed by atoms with Crippen molar-refractivity contribution in [3.63, 3.8) is 0 Å². The first-order chi connectivity index (χ1) is 12.5. The summed E-state index contributed by atoms with van der Waals surface area (Å²) in [7, 11) is 1.69. The number of nitrogens with zero attached hydrogens (tertiary/aromatic N) is 3. The summed E-state index contributed by atoms with van der Waals surface area (Å²) in [6.07, 6.45) is 4.91. The smallest absolute Gasteiger partial charge is 0.293 e. The Balaban J connectivity index is 1.76. The van der Waals surface area contributed by atoms with Gasteiger partial charge >= 0.3 is 0 Å². The molecule has 1 aliphatic rings. The number of primary amides is 1. The predicted octanol–water partition coefficient (Wildman–Crippen LogP) is 0.704. The molecule has 2 aromatic rings. The zero-order valence-corrected chi connectivity index (χ0v) is 14.6. The number of carbonyl (C=O) groups excluding carboxylic acids is 1. The topological polar surface area (TPSA) is 93.2 Å². The third kappa shape index (κ3) is 3.91. The number of rotatable bonds is 5. The molecule has 1 amide bonds. The van der Waals surface area contributed by atoms with E-state index in [1.165, 1.54) is 16.7 Å². The lowest BCUT2D eigenvalue weighted by Gasteiger charge is -2.35. The Morgan fingerprint density at radius 2 is 2.12 bits per heavy atom. The number of nitrogens with two attached hydrogens (primary N) is 1. The number of carbonyl (C=O) groups is 1. The van der Waals surface area contributed by atoms with Crippen LogP contribution in [0.25, 0.3) is 0 Å². The molecule has 26 heavy (non-hydrogen) atoms. The van der Waals surface area contributed by atoms with E-state index in [9.17, 15) is 14.0 Å². The number of anilines is 1. The molecule has 0 unspecified atom stereocenters. The predicted molar refractivity (Wildman–Crippen MR) is 96.2 cm³/mol. The summed E-state index contributed by atoms with van der Waals surface area (Å²) in [4.78, 5) is 30.3. The molecule has 0 bridgehead atoms. The Kier molecular flexibility index (Phi) is 5.32. The third-order valence-electron chi connectivity index (χ3n) is 4.61. The van der Waals surface area contributed by atoms with Crippen molar-refractivity contribution in [1.29, 1.82) is 0 Å². The molecule has 2 heterocycles. The Hall–Kier alpha value is -2.74. The zero-order chi connectivity index (χ0) is 18.7. The summed E-state index contributed by atoms with van der Waals surface area (Å²) in [5.41, 5.74) is 6.00. The van der Waals surface area contributed by atoms with Crippen molar-refractivity contribution in [3.8, 4) is 0 Å². The van der Waals surface area contributed by atoms with Crippen LogP contribution in [0, 0.1) is 5.82 Å². The van der Waals surface area contributed by atoms with Gasteiger partial charge in [0.15, 0.2) is 5.82 Å². The normalized spacial score (nSPS) is 18.5. The average Bonchev–Trinajstić information content (AvgIpc) is 2.63. The molecule has 1 fully saturated rings. The van der Waals surface area contributed by atoms with Gasteiger partial charge in [0.2, 0.25) is 5.91 Å². The SMILES string of the molecule is Cn1ccnc(N2CCC[C@@H](N[C@H](C(N)=O)c3ccc(F)cc3)C2)c1=O. The van der Waals surface area contributed by atoms with Gasteiger partial charge in [-0.05, 0) is 30.5 Å². The highest BCUT2D eigenvalue weighted by Gasteiger charge is 2.27. The maximum absolute atomic E-state index is 13.1.